The number of rotatable bonds is 3. The van der Waals surface area contributed by atoms with Crippen LogP contribution in [0.5, 0.6) is 0 Å². The molecule has 4 nitrogen and oxygen atoms in total. The van der Waals surface area contributed by atoms with Crippen molar-refractivity contribution in [1.29, 1.82) is 0 Å². The van der Waals surface area contributed by atoms with Crippen molar-refractivity contribution in [2.24, 2.45) is 0 Å². The maximum Gasteiger partial charge on any atom is 0.227 e. The minimum absolute atomic E-state index is 0.204. The molecule has 1 aromatic carbocycles. The summed E-state index contributed by atoms with van der Waals surface area (Å²) in [6.07, 6.45) is 3.99. The lowest BCUT2D eigenvalue weighted by atomic mass is 10.2. The third-order valence-electron chi connectivity index (χ3n) is 3.40. The molecule has 0 bridgehead atoms. The number of hydrogen-bond donors (Lipinski definition) is 2. The van der Waals surface area contributed by atoms with E-state index in [1.807, 2.05) is 29.2 Å². The molecule has 0 spiro atoms. The largest absolute Gasteiger partial charge is 0.360 e. The lowest BCUT2D eigenvalue weighted by Gasteiger charge is -2.17. The number of benzene rings is 1. The fourth-order valence-corrected chi connectivity index (χ4v) is 2.54. The molecule has 1 aliphatic heterocycles. The first-order chi connectivity index (χ1) is 9.22. The lowest BCUT2D eigenvalue weighted by Crippen LogP contribution is -2.30. The number of nitrogens with one attached hydrogen (secondary N) is 2. The van der Waals surface area contributed by atoms with E-state index in [1.54, 1.807) is 0 Å². The second-order valence-corrected chi connectivity index (χ2v) is 5.48. The Kier molecular flexibility index (Phi) is 3.38. The molecule has 2 N–H and O–H groups in total. The van der Waals surface area contributed by atoms with Gasteiger partial charge in [-0.05, 0) is 49.7 Å². The molecule has 3 rings (SSSR count). The van der Waals surface area contributed by atoms with Crippen LogP contribution in [-0.2, 0) is 4.79 Å². The van der Waals surface area contributed by atoms with Gasteiger partial charge in [0.2, 0.25) is 5.91 Å². The number of hydrogen-bond acceptors (Lipinski definition) is 2. The third kappa shape index (κ3) is 3.04. The number of carbonyl (C=O) groups is 1. The summed E-state index contributed by atoms with van der Waals surface area (Å²) in [5.41, 5.74) is 1.87. The topological polar surface area (TPSA) is 44.4 Å². The second kappa shape index (κ2) is 5.17. The van der Waals surface area contributed by atoms with Gasteiger partial charge in [-0.2, -0.15) is 0 Å². The van der Waals surface area contributed by atoms with Crippen molar-refractivity contribution in [2.45, 2.75) is 31.7 Å². The first kappa shape index (κ1) is 12.4. The van der Waals surface area contributed by atoms with Crippen molar-refractivity contribution in [1.82, 2.24) is 5.32 Å². The summed E-state index contributed by atoms with van der Waals surface area (Å²) in [4.78, 5) is 13.6. The molecule has 100 valence electrons. The van der Waals surface area contributed by atoms with Gasteiger partial charge in [-0.3, -0.25) is 4.79 Å². The van der Waals surface area contributed by atoms with Crippen LogP contribution in [0.3, 0.4) is 0 Å². The van der Waals surface area contributed by atoms with E-state index in [0.29, 0.717) is 17.6 Å². The molecule has 0 radical (unpaired) electrons. The zero-order valence-electron chi connectivity index (χ0n) is 10.7. The molecule has 1 saturated carbocycles. The molecule has 2 aliphatic rings. The number of thiocarbonyl (C=S) groups is 1. The summed E-state index contributed by atoms with van der Waals surface area (Å²) >= 11 is 5.25. The van der Waals surface area contributed by atoms with E-state index in [9.17, 15) is 4.79 Å². The lowest BCUT2D eigenvalue weighted by molar-refractivity contribution is -0.117. The molecule has 2 fully saturated rings. The van der Waals surface area contributed by atoms with Gasteiger partial charge in [0.25, 0.3) is 0 Å². The molecule has 0 atom stereocenters. The second-order valence-electron chi connectivity index (χ2n) is 5.07. The average Bonchev–Trinajstić information content (AvgIpc) is 3.08. The molecule has 19 heavy (non-hydrogen) atoms. The number of nitrogens with zero attached hydrogens (tertiary/aromatic N) is 1. The summed E-state index contributed by atoms with van der Waals surface area (Å²) in [6, 6.07) is 8.40. The number of anilines is 2. The smallest absolute Gasteiger partial charge is 0.227 e. The Bertz CT molecular complexity index is 513. The van der Waals surface area contributed by atoms with Crippen LogP contribution < -0.4 is 15.5 Å². The van der Waals surface area contributed by atoms with E-state index in [4.69, 9.17) is 12.2 Å². The number of amides is 1. The van der Waals surface area contributed by atoms with Crippen molar-refractivity contribution >= 4 is 34.6 Å². The standard InChI is InChI=1S/C14H17N3OS/c18-13-5-2-8-17(13)12-4-1-3-11(9-12)16-14(19)15-10-6-7-10/h1,3-4,9-10H,2,5-8H2,(H2,15,16,19). The van der Waals surface area contributed by atoms with Crippen molar-refractivity contribution in [3.05, 3.63) is 24.3 Å². The zero-order chi connectivity index (χ0) is 13.2. The van der Waals surface area contributed by atoms with Crippen LogP contribution >= 0.6 is 12.2 Å². The van der Waals surface area contributed by atoms with Gasteiger partial charge in [0.1, 0.15) is 0 Å². The fraction of sp³-hybridized carbons (Fsp3) is 0.429. The van der Waals surface area contributed by atoms with E-state index in [2.05, 4.69) is 10.6 Å². The van der Waals surface area contributed by atoms with Gasteiger partial charge in [-0.25, -0.2) is 0 Å². The van der Waals surface area contributed by atoms with Gasteiger partial charge in [-0.1, -0.05) is 6.07 Å². The Labute approximate surface area is 118 Å². The summed E-state index contributed by atoms with van der Waals surface area (Å²) in [5, 5.41) is 7.07. The van der Waals surface area contributed by atoms with Gasteiger partial charge >= 0.3 is 0 Å². The van der Waals surface area contributed by atoms with Gasteiger partial charge in [-0.15, -0.1) is 0 Å². The van der Waals surface area contributed by atoms with E-state index in [1.165, 1.54) is 12.8 Å². The molecule has 1 amide bonds. The van der Waals surface area contributed by atoms with E-state index < -0.39 is 0 Å². The van der Waals surface area contributed by atoms with Gasteiger partial charge in [0.15, 0.2) is 5.11 Å². The summed E-state index contributed by atoms with van der Waals surface area (Å²) < 4.78 is 0. The molecule has 0 aromatic heterocycles. The Morgan fingerprint density at radius 1 is 1.37 bits per heavy atom. The normalized spacial score (nSPS) is 18.5. The van der Waals surface area contributed by atoms with Gasteiger partial charge in [0.05, 0.1) is 0 Å². The van der Waals surface area contributed by atoms with Crippen LogP contribution in [0.2, 0.25) is 0 Å². The molecule has 0 unspecified atom stereocenters. The first-order valence-corrected chi connectivity index (χ1v) is 7.11. The average molecular weight is 275 g/mol. The minimum atomic E-state index is 0.204. The molecular weight excluding hydrogens is 258 g/mol. The SMILES string of the molecule is O=C1CCCN1c1cccc(NC(=S)NC2CC2)c1. The predicted octanol–water partition coefficient (Wildman–Crippen LogP) is 2.26. The van der Waals surface area contributed by atoms with Crippen LogP contribution in [0.4, 0.5) is 11.4 Å². The maximum absolute atomic E-state index is 11.7. The molecule has 1 aromatic rings. The number of carbonyl (C=O) groups excluding carboxylic acids is 1. The highest BCUT2D eigenvalue weighted by molar-refractivity contribution is 7.80. The van der Waals surface area contributed by atoms with Crippen LogP contribution in [-0.4, -0.2) is 23.6 Å². The molecule has 1 heterocycles. The van der Waals surface area contributed by atoms with E-state index in [0.717, 1.165) is 24.3 Å². The van der Waals surface area contributed by atoms with Crippen molar-refractivity contribution < 1.29 is 4.79 Å². The molecule has 1 aliphatic carbocycles. The molecule has 5 heteroatoms. The monoisotopic (exact) mass is 275 g/mol. The van der Waals surface area contributed by atoms with Crippen LogP contribution in [0, 0.1) is 0 Å². The summed E-state index contributed by atoms with van der Waals surface area (Å²) in [7, 11) is 0. The van der Waals surface area contributed by atoms with Gasteiger partial charge < -0.3 is 15.5 Å². The minimum Gasteiger partial charge on any atom is -0.360 e. The molecule has 1 saturated heterocycles. The third-order valence-corrected chi connectivity index (χ3v) is 3.62. The maximum atomic E-state index is 11.7. The van der Waals surface area contributed by atoms with E-state index in [-0.39, 0.29) is 5.91 Å². The highest BCUT2D eigenvalue weighted by Gasteiger charge is 2.23. The van der Waals surface area contributed by atoms with Crippen LogP contribution in [0.15, 0.2) is 24.3 Å². The highest BCUT2D eigenvalue weighted by atomic mass is 32.1. The predicted molar refractivity (Wildman–Crippen MR) is 80.4 cm³/mol. The quantitative estimate of drug-likeness (QED) is 0.831. The fourth-order valence-electron chi connectivity index (χ4n) is 2.25. The summed E-state index contributed by atoms with van der Waals surface area (Å²) in [5.74, 6) is 0.204. The Morgan fingerprint density at radius 3 is 2.89 bits per heavy atom. The highest BCUT2D eigenvalue weighted by Crippen LogP contribution is 2.24. The van der Waals surface area contributed by atoms with Crippen molar-refractivity contribution in [3.8, 4) is 0 Å². The Morgan fingerprint density at radius 2 is 2.21 bits per heavy atom. The molecular formula is C14H17N3OS. The van der Waals surface area contributed by atoms with Crippen molar-refractivity contribution in [2.75, 3.05) is 16.8 Å². The van der Waals surface area contributed by atoms with E-state index >= 15 is 0 Å². The van der Waals surface area contributed by atoms with Crippen LogP contribution in [0.1, 0.15) is 25.7 Å². The Hall–Kier alpha value is -1.62. The first-order valence-electron chi connectivity index (χ1n) is 6.70. The Balaban J connectivity index is 1.68. The van der Waals surface area contributed by atoms with Gasteiger partial charge in [0, 0.05) is 30.4 Å². The van der Waals surface area contributed by atoms with Crippen molar-refractivity contribution in [3.63, 3.8) is 0 Å². The zero-order valence-corrected chi connectivity index (χ0v) is 11.5. The summed E-state index contributed by atoms with van der Waals surface area (Å²) in [6.45, 7) is 0.813. The van der Waals surface area contributed by atoms with Crippen LogP contribution in [0.25, 0.3) is 0 Å².